The Bertz CT molecular complexity index is 787. The highest BCUT2D eigenvalue weighted by molar-refractivity contribution is 5.76. The molecular weight excluding hydrogens is 286 g/mol. The summed E-state index contributed by atoms with van der Waals surface area (Å²) in [5.74, 6) is 0. The second kappa shape index (κ2) is 6.08. The van der Waals surface area contributed by atoms with Crippen molar-refractivity contribution in [2.75, 3.05) is 13.1 Å². The number of benzene rings is 1. The van der Waals surface area contributed by atoms with Crippen LogP contribution in [0.15, 0.2) is 36.5 Å². The molecule has 0 radical (unpaired) electrons. The Labute approximate surface area is 135 Å². The summed E-state index contributed by atoms with van der Waals surface area (Å²) in [7, 11) is 0. The number of piperidine rings is 1. The second-order valence-corrected chi connectivity index (χ2v) is 6.28. The number of rotatable bonds is 3. The minimum Gasteiger partial charge on any atom is -0.297 e. The number of likely N-dealkylation sites (tertiary alicyclic amines) is 1. The molecule has 0 saturated carbocycles. The van der Waals surface area contributed by atoms with Gasteiger partial charge in [-0.15, -0.1) is 5.10 Å². The molecule has 1 aliphatic rings. The van der Waals surface area contributed by atoms with Gasteiger partial charge in [0.2, 0.25) is 5.65 Å². The molecule has 1 aromatic carbocycles. The third kappa shape index (κ3) is 2.84. The van der Waals surface area contributed by atoms with Gasteiger partial charge < -0.3 is 0 Å². The fourth-order valence-electron chi connectivity index (χ4n) is 3.37. The molecular formula is C18H21N5. The number of fused-ring (bicyclic) bond motifs is 1. The lowest BCUT2D eigenvalue weighted by Crippen LogP contribution is -2.32. The van der Waals surface area contributed by atoms with Crippen molar-refractivity contribution in [3.05, 3.63) is 42.1 Å². The normalized spacial score (nSPS) is 17.4. The smallest absolute Gasteiger partial charge is 0.201 e. The van der Waals surface area contributed by atoms with Crippen molar-refractivity contribution in [1.29, 1.82) is 0 Å². The Morgan fingerprint density at radius 3 is 2.57 bits per heavy atom. The SMILES string of the molecule is C[C@H](c1ccc(-c2cnc3n[nH]nc3c2)cc1)N1CCCCC1. The third-order valence-electron chi connectivity index (χ3n) is 4.84. The highest BCUT2D eigenvalue weighted by atomic mass is 15.3. The number of nitrogens with one attached hydrogen (secondary N) is 1. The summed E-state index contributed by atoms with van der Waals surface area (Å²) < 4.78 is 0. The van der Waals surface area contributed by atoms with E-state index in [1.165, 1.54) is 37.9 Å². The lowest BCUT2D eigenvalue weighted by Gasteiger charge is -2.32. The Morgan fingerprint density at radius 1 is 1.00 bits per heavy atom. The van der Waals surface area contributed by atoms with E-state index in [4.69, 9.17) is 0 Å². The Kier molecular flexibility index (Phi) is 3.79. The zero-order valence-corrected chi connectivity index (χ0v) is 13.4. The summed E-state index contributed by atoms with van der Waals surface area (Å²) in [5.41, 5.74) is 5.07. The lowest BCUT2D eigenvalue weighted by molar-refractivity contribution is 0.175. The highest BCUT2D eigenvalue weighted by Gasteiger charge is 2.18. The Morgan fingerprint density at radius 2 is 1.78 bits per heavy atom. The van der Waals surface area contributed by atoms with E-state index in [0.717, 1.165) is 16.6 Å². The number of nitrogens with zero attached hydrogens (tertiary/aromatic N) is 4. The number of H-pyrrole nitrogens is 1. The molecule has 0 aliphatic carbocycles. The maximum absolute atomic E-state index is 4.34. The van der Waals surface area contributed by atoms with Crippen LogP contribution in [0, 0.1) is 0 Å². The molecule has 0 unspecified atom stereocenters. The molecule has 3 aromatic rings. The van der Waals surface area contributed by atoms with Crippen LogP contribution < -0.4 is 0 Å². The molecule has 23 heavy (non-hydrogen) atoms. The van der Waals surface area contributed by atoms with Gasteiger partial charge in [0.15, 0.2) is 0 Å². The quantitative estimate of drug-likeness (QED) is 0.803. The molecule has 5 heteroatoms. The van der Waals surface area contributed by atoms with Crippen molar-refractivity contribution >= 4 is 11.2 Å². The average molecular weight is 307 g/mol. The first-order chi connectivity index (χ1) is 11.3. The molecule has 0 amide bonds. The number of hydrogen-bond acceptors (Lipinski definition) is 4. The van der Waals surface area contributed by atoms with E-state index in [-0.39, 0.29) is 0 Å². The van der Waals surface area contributed by atoms with Crippen LogP contribution in [-0.4, -0.2) is 38.4 Å². The molecule has 1 fully saturated rings. The van der Waals surface area contributed by atoms with Gasteiger partial charge in [-0.1, -0.05) is 30.7 Å². The second-order valence-electron chi connectivity index (χ2n) is 6.28. The standard InChI is InChI=1S/C18H21N5/c1-13(23-9-3-2-4-10-23)14-5-7-15(8-6-14)16-11-17-18(19-12-16)21-22-20-17/h5-8,11-13H,2-4,9-10H2,1H3,(H,19,20,21,22)/t13-/m1/s1. The van der Waals surface area contributed by atoms with Gasteiger partial charge in [0.05, 0.1) is 0 Å². The lowest BCUT2D eigenvalue weighted by atomic mass is 10.00. The Balaban J connectivity index is 1.57. The maximum Gasteiger partial charge on any atom is 0.201 e. The summed E-state index contributed by atoms with van der Waals surface area (Å²) >= 11 is 0. The van der Waals surface area contributed by atoms with Gasteiger partial charge in [-0.2, -0.15) is 10.3 Å². The zero-order valence-electron chi connectivity index (χ0n) is 13.4. The van der Waals surface area contributed by atoms with Crippen LogP contribution in [0.5, 0.6) is 0 Å². The van der Waals surface area contributed by atoms with E-state index in [2.05, 4.69) is 56.5 Å². The number of aromatic amines is 1. The van der Waals surface area contributed by atoms with Crippen molar-refractivity contribution in [3.63, 3.8) is 0 Å². The number of pyridine rings is 1. The molecule has 0 bridgehead atoms. The van der Waals surface area contributed by atoms with Gasteiger partial charge in [-0.25, -0.2) is 4.98 Å². The summed E-state index contributed by atoms with van der Waals surface area (Å²) in [6.07, 6.45) is 5.88. The number of aromatic nitrogens is 4. The molecule has 118 valence electrons. The van der Waals surface area contributed by atoms with E-state index >= 15 is 0 Å². The molecule has 4 rings (SSSR count). The largest absolute Gasteiger partial charge is 0.297 e. The topological polar surface area (TPSA) is 57.7 Å². The van der Waals surface area contributed by atoms with Crippen molar-refractivity contribution in [2.24, 2.45) is 0 Å². The minimum absolute atomic E-state index is 0.487. The average Bonchev–Trinajstić information content (AvgIpc) is 3.10. The fourth-order valence-corrected chi connectivity index (χ4v) is 3.37. The first-order valence-corrected chi connectivity index (χ1v) is 8.32. The molecule has 1 aliphatic heterocycles. The molecule has 5 nitrogen and oxygen atoms in total. The summed E-state index contributed by atoms with van der Waals surface area (Å²) in [6.45, 7) is 4.74. The minimum atomic E-state index is 0.487. The van der Waals surface area contributed by atoms with Crippen LogP contribution in [-0.2, 0) is 0 Å². The predicted octanol–water partition coefficient (Wildman–Crippen LogP) is 3.57. The summed E-state index contributed by atoms with van der Waals surface area (Å²) in [5, 5.41) is 10.7. The van der Waals surface area contributed by atoms with Crippen LogP contribution in [0.3, 0.4) is 0 Å². The first-order valence-electron chi connectivity index (χ1n) is 8.32. The maximum atomic E-state index is 4.34. The summed E-state index contributed by atoms with van der Waals surface area (Å²) in [6, 6.07) is 11.3. The van der Waals surface area contributed by atoms with Gasteiger partial charge in [-0.05, 0) is 50.0 Å². The molecule has 2 aromatic heterocycles. The van der Waals surface area contributed by atoms with E-state index in [0.29, 0.717) is 11.7 Å². The molecule has 1 saturated heterocycles. The highest BCUT2D eigenvalue weighted by Crippen LogP contribution is 2.27. The van der Waals surface area contributed by atoms with Crippen LogP contribution in [0.2, 0.25) is 0 Å². The number of hydrogen-bond donors (Lipinski definition) is 1. The molecule has 3 heterocycles. The van der Waals surface area contributed by atoms with Crippen molar-refractivity contribution in [3.8, 4) is 11.1 Å². The summed E-state index contributed by atoms with van der Waals surface area (Å²) in [4.78, 5) is 6.92. The van der Waals surface area contributed by atoms with Gasteiger partial charge in [-0.3, -0.25) is 4.90 Å². The Hall–Kier alpha value is -2.27. The van der Waals surface area contributed by atoms with E-state index in [1.807, 2.05) is 12.3 Å². The van der Waals surface area contributed by atoms with E-state index in [9.17, 15) is 0 Å². The van der Waals surface area contributed by atoms with Crippen molar-refractivity contribution < 1.29 is 0 Å². The molecule has 1 N–H and O–H groups in total. The molecule has 1 atom stereocenters. The van der Waals surface area contributed by atoms with Crippen LogP contribution >= 0.6 is 0 Å². The van der Waals surface area contributed by atoms with Gasteiger partial charge in [0.25, 0.3) is 0 Å². The van der Waals surface area contributed by atoms with Crippen molar-refractivity contribution in [1.82, 2.24) is 25.3 Å². The van der Waals surface area contributed by atoms with Crippen LogP contribution in [0.1, 0.15) is 37.8 Å². The van der Waals surface area contributed by atoms with E-state index in [1.54, 1.807) is 0 Å². The first kappa shape index (κ1) is 14.3. The molecule has 0 spiro atoms. The van der Waals surface area contributed by atoms with Crippen molar-refractivity contribution in [2.45, 2.75) is 32.2 Å². The van der Waals surface area contributed by atoms with Crippen LogP contribution in [0.25, 0.3) is 22.3 Å². The van der Waals surface area contributed by atoms with E-state index < -0.39 is 0 Å². The predicted molar refractivity (Wildman–Crippen MR) is 91.0 cm³/mol. The van der Waals surface area contributed by atoms with Crippen LogP contribution in [0.4, 0.5) is 0 Å². The monoisotopic (exact) mass is 307 g/mol. The van der Waals surface area contributed by atoms with Gasteiger partial charge in [0.1, 0.15) is 5.52 Å². The van der Waals surface area contributed by atoms with Gasteiger partial charge >= 0.3 is 0 Å². The van der Waals surface area contributed by atoms with Gasteiger partial charge in [0, 0.05) is 17.8 Å². The third-order valence-corrected chi connectivity index (χ3v) is 4.84. The zero-order chi connectivity index (χ0) is 15.6. The fraction of sp³-hybridized carbons (Fsp3) is 0.389.